The van der Waals surface area contributed by atoms with Gasteiger partial charge in [-0.15, -0.1) is 0 Å². The quantitative estimate of drug-likeness (QED) is 0.252. The number of aromatic nitrogens is 2. The van der Waals surface area contributed by atoms with Gasteiger partial charge in [0.1, 0.15) is 16.3 Å². The summed E-state index contributed by atoms with van der Waals surface area (Å²) in [6.45, 7) is 9.05. The predicted molar refractivity (Wildman–Crippen MR) is 149 cm³/mol. The third kappa shape index (κ3) is 5.85. The molecule has 0 amide bonds. The van der Waals surface area contributed by atoms with Gasteiger partial charge >= 0.3 is 0 Å². The monoisotopic (exact) mass is 490 g/mol. The first-order valence-corrected chi connectivity index (χ1v) is 12.8. The van der Waals surface area contributed by atoms with Crippen LogP contribution in [0.25, 0.3) is 0 Å². The fourth-order valence-electron chi connectivity index (χ4n) is 4.72. The molecule has 0 saturated carbocycles. The number of nitrogens with zero attached hydrogens (tertiary/aromatic N) is 4. The van der Waals surface area contributed by atoms with E-state index in [1.54, 1.807) is 0 Å². The average molecular weight is 491 g/mol. The highest BCUT2D eigenvalue weighted by molar-refractivity contribution is 7.71. The Labute approximate surface area is 214 Å². The van der Waals surface area contributed by atoms with Crippen LogP contribution in [0.15, 0.2) is 59.6 Å². The second-order valence-corrected chi connectivity index (χ2v) is 11.1. The van der Waals surface area contributed by atoms with E-state index in [1.807, 2.05) is 46.7 Å². The van der Waals surface area contributed by atoms with Crippen molar-refractivity contribution in [3.8, 4) is 0 Å². The van der Waals surface area contributed by atoms with Gasteiger partial charge in [-0.25, -0.2) is 0 Å². The molecule has 1 aliphatic heterocycles. The number of aliphatic imine (C=N–C) groups is 1. The molecular formula is C28H38N6S. The Balaban J connectivity index is 1.66. The summed E-state index contributed by atoms with van der Waals surface area (Å²) < 4.78 is 4.68. The molecule has 1 atom stereocenters. The van der Waals surface area contributed by atoms with Crippen molar-refractivity contribution in [1.82, 2.24) is 14.3 Å². The first kappa shape index (κ1) is 25.2. The molecule has 1 unspecified atom stereocenters. The van der Waals surface area contributed by atoms with Gasteiger partial charge in [0.2, 0.25) is 0 Å². The zero-order valence-electron chi connectivity index (χ0n) is 21.6. The van der Waals surface area contributed by atoms with Crippen LogP contribution in [0.4, 0.5) is 11.5 Å². The van der Waals surface area contributed by atoms with E-state index in [2.05, 4.69) is 62.3 Å². The standard InChI is InChI=1S/C28H38N6S/c1-28(2,3)19-34-25(29)24(27(35)33(34)5)26(31-22-10-7-6-8-11-22)30-18-20-13-15-21(16-14-20)23-12-9-17-32(23)4/h6-8,10-11,13-16,23H,9,12,17-19,29H2,1-5H3,(H,30,31). The largest absolute Gasteiger partial charge is 0.383 e. The second kappa shape index (κ2) is 10.4. The van der Waals surface area contributed by atoms with Crippen molar-refractivity contribution < 1.29 is 0 Å². The van der Waals surface area contributed by atoms with Gasteiger partial charge < -0.3 is 11.1 Å². The summed E-state index contributed by atoms with van der Waals surface area (Å²) in [5.74, 6) is 1.33. The molecular weight excluding hydrogens is 452 g/mol. The van der Waals surface area contributed by atoms with Gasteiger partial charge in [-0.2, -0.15) is 0 Å². The van der Waals surface area contributed by atoms with Crippen LogP contribution in [0, 0.1) is 10.1 Å². The highest BCUT2D eigenvalue weighted by Crippen LogP contribution is 2.30. The molecule has 0 aliphatic carbocycles. The normalized spacial score (nSPS) is 17.2. The molecule has 35 heavy (non-hydrogen) atoms. The maximum atomic E-state index is 6.69. The van der Waals surface area contributed by atoms with E-state index in [0.29, 0.717) is 28.9 Å². The Morgan fingerprint density at radius 2 is 1.77 bits per heavy atom. The van der Waals surface area contributed by atoms with Crippen LogP contribution in [0.5, 0.6) is 0 Å². The molecule has 0 bridgehead atoms. The molecule has 2 aromatic carbocycles. The van der Waals surface area contributed by atoms with Crippen LogP contribution in [-0.4, -0.2) is 33.7 Å². The molecule has 7 heteroatoms. The zero-order chi connectivity index (χ0) is 25.2. The number of hydrogen-bond acceptors (Lipinski definition) is 4. The van der Waals surface area contributed by atoms with E-state index in [9.17, 15) is 0 Å². The van der Waals surface area contributed by atoms with E-state index in [1.165, 1.54) is 24.9 Å². The van der Waals surface area contributed by atoms with Crippen LogP contribution in [0.3, 0.4) is 0 Å². The molecule has 6 nitrogen and oxygen atoms in total. The minimum absolute atomic E-state index is 0.0588. The van der Waals surface area contributed by atoms with Crippen molar-refractivity contribution in [2.24, 2.45) is 17.5 Å². The van der Waals surface area contributed by atoms with Gasteiger partial charge in [-0.05, 0) is 55.1 Å². The van der Waals surface area contributed by atoms with Gasteiger partial charge in [-0.1, -0.05) is 75.5 Å². The Hall–Kier alpha value is -2.90. The van der Waals surface area contributed by atoms with Gasteiger partial charge in [-0.3, -0.25) is 19.3 Å². The zero-order valence-corrected chi connectivity index (χ0v) is 22.4. The maximum absolute atomic E-state index is 6.69. The molecule has 3 N–H and O–H groups in total. The van der Waals surface area contributed by atoms with Gasteiger partial charge in [0.05, 0.1) is 12.1 Å². The summed E-state index contributed by atoms with van der Waals surface area (Å²) in [5, 5.41) is 3.48. The van der Waals surface area contributed by atoms with E-state index in [4.69, 9.17) is 22.9 Å². The van der Waals surface area contributed by atoms with Gasteiger partial charge in [0.25, 0.3) is 0 Å². The smallest absolute Gasteiger partial charge is 0.139 e. The number of amidine groups is 1. The Morgan fingerprint density at radius 1 is 1.09 bits per heavy atom. The summed E-state index contributed by atoms with van der Waals surface area (Å²) >= 11 is 5.84. The summed E-state index contributed by atoms with van der Waals surface area (Å²) in [6.07, 6.45) is 2.49. The van der Waals surface area contributed by atoms with Crippen molar-refractivity contribution in [3.63, 3.8) is 0 Å². The highest BCUT2D eigenvalue weighted by atomic mass is 32.1. The van der Waals surface area contributed by atoms with Crippen LogP contribution < -0.4 is 11.1 Å². The Morgan fingerprint density at radius 3 is 2.37 bits per heavy atom. The van der Waals surface area contributed by atoms with E-state index >= 15 is 0 Å². The maximum Gasteiger partial charge on any atom is 0.139 e. The van der Waals surface area contributed by atoms with Crippen molar-refractivity contribution >= 4 is 29.6 Å². The van der Waals surface area contributed by atoms with Crippen LogP contribution in [0.1, 0.15) is 56.3 Å². The minimum Gasteiger partial charge on any atom is -0.383 e. The molecule has 186 valence electrons. The predicted octanol–water partition coefficient (Wildman–Crippen LogP) is 6.01. The Bertz CT molecular complexity index is 1230. The molecule has 1 aliphatic rings. The molecule has 0 radical (unpaired) electrons. The lowest BCUT2D eigenvalue weighted by Crippen LogP contribution is -2.22. The lowest BCUT2D eigenvalue weighted by atomic mass is 9.97. The highest BCUT2D eigenvalue weighted by Gasteiger charge is 2.23. The number of para-hydroxylation sites is 1. The number of benzene rings is 2. The minimum atomic E-state index is 0.0588. The van der Waals surface area contributed by atoms with Crippen LogP contribution in [0.2, 0.25) is 0 Å². The van der Waals surface area contributed by atoms with Crippen molar-refractivity contribution in [2.45, 2.75) is 52.7 Å². The molecule has 1 fully saturated rings. The summed E-state index contributed by atoms with van der Waals surface area (Å²) in [6, 6.07) is 19.4. The van der Waals surface area contributed by atoms with Gasteiger partial charge in [0, 0.05) is 25.3 Å². The van der Waals surface area contributed by atoms with Crippen molar-refractivity contribution in [1.29, 1.82) is 0 Å². The molecule has 3 aromatic rings. The van der Waals surface area contributed by atoms with Crippen LogP contribution >= 0.6 is 12.2 Å². The number of nitrogens with one attached hydrogen (secondary N) is 1. The van der Waals surface area contributed by atoms with E-state index < -0.39 is 0 Å². The van der Waals surface area contributed by atoms with Crippen molar-refractivity contribution in [2.75, 3.05) is 24.6 Å². The molecule has 1 saturated heterocycles. The first-order chi connectivity index (χ1) is 16.6. The lowest BCUT2D eigenvalue weighted by Gasteiger charge is -2.21. The van der Waals surface area contributed by atoms with Crippen LogP contribution in [-0.2, 0) is 20.1 Å². The molecule has 1 aromatic heterocycles. The molecule has 0 spiro atoms. The van der Waals surface area contributed by atoms with Crippen molar-refractivity contribution in [3.05, 3.63) is 75.9 Å². The Kier molecular flexibility index (Phi) is 7.47. The number of anilines is 2. The van der Waals surface area contributed by atoms with Gasteiger partial charge in [0.15, 0.2) is 0 Å². The first-order valence-electron chi connectivity index (χ1n) is 12.4. The number of nitrogens with two attached hydrogens (primary N) is 1. The fourth-order valence-corrected chi connectivity index (χ4v) is 5.02. The number of nitrogen functional groups attached to an aromatic ring is 1. The number of rotatable bonds is 6. The average Bonchev–Trinajstić information content (AvgIpc) is 3.34. The summed E-state index contributed by atoms with van der Waals surface area (Å²) in [5.41, 5.74) is 11.0. The topological polar surface area (TPSA) is 63.5 Å². The lowest BCUT2D eigenvalue weighted by molar-refractivity contribution is 0.305. The number of likely N-dealkylation sites (tertiary alicyclic amines) is 1. The molecule has 4 rings (SSSR count). The fraction of sp³-hybridized carbons (Fsp3) is 0.429. The molecule has 2 heterocycles. The van der Waals surface area contributed by atoms with E-state index in [-0.39, 0.29) is 5.41 Å². The summed E-state index contributed by atoms with van der Waals surface area (Å²) in [4.78, 5) is 7.43. The summed E-state index contributed by atoms with van der Waals surface area (Å²) in [7, 11) is 4.17. The third-order valence-electron chi connectivity index (χ3n) is 6.61. The number of hydrogen-bond donors (Lipinski definition) is 2. The third-order valence-corrected chi connectivity index (χ3v) is 7.07. The SMILES string of the molecule is CN1CCCC1c1ccc(CN=C(Nc2ccccc2)c2c(N)n(CC(C)(C)C)n(C)c2=S)cc1. The van der Waals surface area contributed by atoms with E-state index in [0.717, 1.165) is 23.4 Å². The second-order valence-electron chi connectivity index (χ2n) is 10.7.